The molecule has 1 N–H and O–H groups in total. The first kappa shape index (κ1) is 16.8. The maximum absolute atomic E-state index is 13.0. The summed E-state index contributed by atoms with van der Waals surface area (Å²) in [5.74, 6) is -0.183. The number of benzene rings is 1. The zero-order valence-electron chi connectivity index (χ0n) is 12.9. The molecule has 25 heavy (non-hydrogen) atoms. The number of nitrogens with one attached hydrogen (secondary N) is 1. The van der Waals surface area contributed by atoms with E-state index in [9.17, 15) is 18.0 Å². The number of alkyl halides is 3. The van der Waals surface area contributed by atoms with E-state index in [0.29, 0.717) is 17.0 Å². The van der Waals surface area contributed by atoms with Gasteiger partial charge in [-0.05, 0) is 35.9 Å². The molecule has 128 valence electrons. The van der Waals surface area contributed by atoms with Crippen molar-refractivity contribution >= 4 is 5.91 Å². The van der Waals surface area contributed by atoms with Crippen molar-refractivity contribution in [3.8, 4) is 11.5 Å². The lowest BCUT2D eigenvalue weighted by molar-refractivity contribution is -0.137. The highest BCUT2D eigenvalue weighted by Gasteiger charge is 2.34. The predicted octanol–water partition coefficient (Wildman–Crippen LogP) is 4.29. The van der Waals surface area contributed by atoms with Crippen LogP contribution in [0.4, 0.5) is 13.2 Å². The number of hydrogen-bond acceptors (Lipinski definition) is 3. The molecular weight excluding hydrogens is 333 g/mol. The first-order valence-corrected chi connectivity index (χ1v) is 7.38. The van der Waals surface area contributed by atoms with Crippen molar-refractivity contribution in [2.45, 2.75) is 12.7 Å². The van der Waals surface area contributed by atoms with Crippen molar-refractivity contribution in [2.75, 3.05) is 0 Å². The summed E-state index contributed by atoms with van der Waals surface area (Å²) in [6.07, 6.45) is -1.52. The van der Waals surface area contributed by atoms with E-state index in [1.807, 2.05) is 0 Å². The molecule has 0 aliphatic carbocycles. The molecule has 0 saturated heterocycles. The van der Waals surface area contributed by atoms with E-state index in [-0.39, 0.29) is 6.54 Å². The molecule has 0 aliphatic rings. The second-order valence-corrected chi connectivity index (χ2v) is 5.26. The SMILES string of the molecule is O=C(NCc1ccc(-c2ccco2)nc1)c1ccccc1C(F)(F)F. The number of halogens is 3. The number of carbonyl (C=O) groups excluding carboxylic acids is 1. The quantitative estimate of drug-likeness (QED) is 0.767. The monoisotopic (exact) mass is 346 g/mol. The van der Waals surface area contributed by atoms with Gasteiger partial charge in [0.2, 0.25) is 0 Å². The molecule has 7 heteroatoms. The van der Waals surface area contributed by atoms with Gasteiger partial charge in [-0.1, -0.05) is 18.2 Å². The summed E-state index contributed by atoms with van der Waals surface area (Å²) in [5.41, 5.74) is -0.0791. The Morgan fingerprint density at radius 2 is 1.88 bits per heavy atom. The van der Waals surface area contributed by atoms with Gasteiger partial charge in [-0.25, -0.2) is 0 Å². The van der Waals surface area contributed by atoms with Gasteiger partial charge >= 0.3 is 6.18 Å². The van der Waals surface area contributed by atoms with E-state index in [0.717, 1.165) is 12.1 Å². The van der Waals surface area contributed by atoms with Crippen molar-refractivity contribution in [1.29, 1.82) is 0 Å². The molecule has 0 radical (unpaired) electrons. The van der Waals surface area contributed by atoms with Crippen LogP contribution >= 0.6 is 0 Å². The molecule has 0 spiro atoms. The second-order valence-electron chi connectivity index (χ2n) is 5.26. The van der Waals surface area contributed by atoms with E-state index in [1.165, 1.54) is 24.6 Å². The smallest absolute Gasteiger partial charge is 0.417 e. The molecule has 3 rings (SSSR count). The molecule has 0 fully saturated rings. The fourth-order valence-electron chi connectivity index (χ4n) is 2.30. The molecule has 4 nitrogen and oxygen atoms in total. The van der Waals surface area contributed by atoms with E-state index >= 15 is 0 Å². The van der Waals surface area contributed by atoms with Crippen molar-refractivity contribution in [3.05, 3.63) is 77.7 Å². The predicted molar refractivity (Wildman–Crippen MR) is 84.6 cm³/mol. The van der Waals surface area contributed by atoms with Crippen LogP contribution in [0, 0.1) is 0 Å². The number of amides is 1. The average molecular weight is 346 g/mol. The fraction of sp³-hybridized carbons (Fsp3) is 0.111. The molecule has 3 aromatic rings. The number of pyridine rings is 1. The largest absolute Gasteiger partial charge is 0.463 e. The van der Waals surface area contributed by atoms with Crippen molar-refractivity contribution in [3.63, 3.8) is 0 Å². The van der Waals surface area contributed by atoms with Crippen LogP contribution < -0.4 is 5.32 Å². The Morgan fingerprint density at radius 1 is 1.08 bits per heavy atom. The second kappa shape index (κ2) is 6.80. The van der Waals surface area contributed by atoms with Crippen LogP contribution in [0.15, 0.2) is 65.4 Å². The van der Waals surface area contributed by atoms with Gasteiger partial charge in [0.15, 0.2) is 5.76 Å². The summed E-state index contributed by atoms with van der Waals surface area (Å²) in [6, 6.07) is 11.6. The van der Waals surface area contributed by atoms with Crippen LogP contribution in [0.2, 0.25) is 0 Å². The Bertz CT molecular complexity index is 857. The van der Waals surface area contributed by atoms with Crippen LogP contribution in [-0.4, -0.2) is 10.9 Å². The van der Waals surface area contributed by atoms with Gasteiger partial charge in [-0.2, -0.15) is 13.2 Å². The molecule has 2 heterocycles. The Kier molecular flexibility index (Phi) is 4.56. The Balaban J connectivity index is 1.69. The van der Waals surface area contributed by atoms with Crippen LogP contribution in [0.1, 0.15) is 21.5 Å². The van der Waals surface area contributed by atoms with Gasteiger partial charge < -0.3 is 9.73 Å². The van der Waals surface area contributed by atoms with Crippen LogP contribution in [0.3, 0.4) is 0 Å². The Hall–Kier alpha value is -3.09. The summed E-state index contributed by atoms with van der Waals surface area (Å²) in [6.45, 7) is 0.0659. The van der Waals surface area contributed by atoms with Gasteiger partial charge in [0.25, 0.3) is 5.91 Å². The third-order valence-electron chi connectivity index (χ3n) is 3.53. The highest BCUT2D eigenvalue weighted by Crippen LogP contribution is 2.31. The average Bonchev–Trinajstić information content (AvgIpc) is 3.14. The maximum Gasteiger partial charge on any atom is 0.417 e. The summed E-state index contributed by atoms with van der Waals surface area (Å²) in [5, 5.41) is 2.48. The van der Waals surface area contributed by atoms with Crippen LogP contribution in [-0.2, 0) is 12.7 Å². The van der Waals surface area contributed by atoms with Crippen LogP contribution in [0.25, 0.3) is 11.5 Å². The lowest BCUT2D eigenvalue weighted by Gasteiger charge is -2.12. The highest BCUT2D eigenvalue weighted by molar-refractivity contribution is 5.95. The first-order valence-electron chi connectivity index (χ1n) is 7.38. The van der Waals surface area contributed by atoms with Gasteiger partial charge in [0.05, 0.1) is 17.4 Å². The zero-order chi connectivity index (χ0) is 17.9. The van der Waals surface area contributed by atoms with Crippen LogP contribution in [0.5, 0.6) is 0 Å². The number of nitrogens with zero attached hydrogens (tertiary/aromatic N) is 1. The third kappa shape index (κ3) is 3.88. The summed E-state index contributed by atoms with van der Waals surface area (Å²) in [4.78, 5) is 16.3. The topological polar surface area (TPSA) is 55.1 Å². The molecule has 1 aromatic carbocycles. The maximum atomic E-state index is 13.0. The van der Waals surface area contributed by atoms with Crippen molar-refractivity contribution in [1.82, 2.24) is 10.3 Å². The lowest BCUT2D eigenvalue weighted by Crippen LogP contribution is -2.25. The van der Waals surface area contributed by atoms with E-state index in [2.05, 4.69) is 10.3 Å². The summed E-state index contributed by atoms with van der Waals surface area (Å²) >= 11 is 0. The number of rotatable bonds is 4. The minimum absolute atomic E-state index is 0.0659. The molecule has 2 aromatic heterocycles. The third-order valence-corrected chi connectivity index (χ3v) is 3.53. The highest BCUT2D eigenvalue weighted by atomic mass is 19.4. The number of aromatic nitrogens is 1. The minimum atomic E-state index is -4.58. The normalized spacial score (nSPS) is 11.3. The molecular formula is C18H13F3N2O2. The van der Waals surface area contributed by atoms with Gasteiger partial charge in [0, 0.05) is 12.7 Å². The lowest BCUT2D eigenvalue weighted by atomic mass is 10.1. The van der Waals surface area contributed by atoms with E-state index in [1.54, 1.807) is 24.3 Å². The molecule has 0 saturated carbocycles. The molecule has 0 atom stereocenters. The molecule has 0 bridgehead atoms. The van der Waals surface area contributed by atoms with Gasteiger partial charge in [-0.15, -0.1) is 0 Å². The zero-order valence-corrected chi connectivity index (χ0v) is 12.9. The van der Waals surface area contributed by atoms with Gasteiger partial charge in [0.1, 0.15) is 5.69 Å². The number of carbonyl (C=O) groups is 1. The molecule has 0 unspecified atom stereocenters. The summed E-state index contributed by atoms with van der Waals surface area (Å²) < 4.78 is 44.1. The fourth-order valence-corrected chi connectivity index (χ4v) is 2.30. The Morgan fingerprint density at radius 3 is 2.52 bits per heavy atom. The Labute approximate surface area is 141 Å². The van der Waals surface area contributed by atoms with Crippen molar-refractivity contribution < 1.29 is 22.4 Å². The molecule has 0 aliphatic heterocycles. The van der Waals surface area contributed by atoms with E-state index < -0.39 is 23.2 Å². The summed E-state index contributed by atoms with van der Waals surface area (Å²) in [7, 11) is 0. The van der Waals surface area contributed by atoms with E-state index in [4.69, 9.17) is 4.42 Å². The van der Waals surface area contributed by atoms with Crippen molar-refractivity contribution in [2.24, 2.45) is 0 Å². The number of furan rings is 1. The molecule has 1 amide bonds. The first-order chi connectivity index (χ1) is 11.9. The van der Waals surface area contributed by atoms with Gasteiger partial charge in [-0.3, -0.25) is 9.78 Å². The minimum Gasteiger partial charge on any atom is -0.463 e. The standard InChI is InChI=1S/C18H13F3N2O2/c19-18(20,21)14-5-2-1-4-13(14)17(24)23-11-12-7-8-15(22-10-12)16-6-3-9-25-16/h1-10H,11H2,(H,23,24). The number of hydrogen-bond donors (Lipinski definition) is 1.